The Kier molecular flexibility index (Phi) is 7.40. The van der Waals surface area contributed by atoms with Crippen molar-refractivity contribution in [3.05, 3.63) is 52.5 Å². The first-order chi connectivity index (χ1) is 16.2. The Morgan fingerprint density at radius 1 is 1.00 bits per heavy atom. The maximum atomic E-state index is 13.4. The third-order valence-electron chi connectivity index (χ3n) is 6.86. The Bertz CT molecular complexity index is 1150. The zero-order chi connectivity index (χ0) is 24.5. The van der Waals surface area contributed by atoms with E-state index in [4.69, 9.17) is 16.3 Å². The number of piperazine rings is 1. The van der Waals surface area contributed by atoms with Crippen molar-refractivity contribution in [1.82, 2.24) is 9.21 Å². The van der Waals surface area contributed by atoms with Crippen molar-refractivity contribution < 1.29 is 17.9 Å². The average Bonchev–Trinajstić information content (AvgIpc) is 2.85. The normalized spacial score (nSPS) is 18.2. The zero-order valence-corrected chi connectivity index (χ0v) is 21.5. The molecule has 2 saturated heterocycles. The van der Waals surface area contributed by atoms with Gasteiger partial charge in [0.1, 0.15) is 5.75 Å². The zero-order valence-electron chi connectivity index (χ0n) is 20.0. The molecule has 0 unspecified atom stereocenters. The number of benzene rings is 2. The van der Waals surface area contributed by atoms with Crippen LogP contribution in [0.15, 0.2) is 41.3 Å². The largest absolute Gasteiger partial charge is 0.496 e. The predicted molar refractivity (Wildman–Crippen MR) is 134 cm³/mol. The van der Waals surface area contributed by atoms with Gasteiger partial charge >= 0.3 is 0 Å². The van der Waals surface area contributed by atoms with E-state index in [1.165, 1.54) is 23.5 Å². The quantitative estimate of drug-likeness (QED) is 0.613. The SMILES string of the molecule is COc1ccc(S(=O)(=O)N2CCC(C)CC2)cc1C(=O)N1CCN(c2cc(Cl)ccc2C)CC1. The Morgan fingerprint density at radius 3 is 2.32 bits per heavy atom. The van der Waals surface area contributed by atoms with Crippen LogP contribution in [0.4, 0.5) is 5.69 Å². The number of piperidine rings is 1. The lowest BCUT2D eigenvalue weighted by molar-refractivity contribution is 0.0743. The minimum absolute atomic E-state index is 0.138. The van der Waals surface area contributed by atoms with Crippen LogP contribution in [-0.2, 0) is 10.0 Å². The number of carbonyl (C=O) groups excluding carboxylic acids is 1. The molecule has 0 spiro atoms. The summed E-state index contributed by atoms with van der Waals surface area (Å²) in [5.41, 5.74) is 2.48. The van der Waals surface area contributed by atoms with Gasteiger partial charge in [-0.05, 0) is 61.6 Å². The average molecular weight is 506 g/mol. The van der Waals surface area contributed by atoms with Gasteiger partial charge in [-0.3, -0.25) is 4.79 Å². The molecule has 2 aromatic rings. The van der Waals surface area contributed by atoms with Crippen molar-refractivity contribution in [3.8, 4) is 5.75 Å². The monoisotopic (exact) mass is 505 g/mol. The van der Waals surface area contributed by atoms with E-state index in [2.05, 4.69) is 11.8 Å². The van der Waals surface area contributed by atoms with Crippen LogP contribution in [0.25, 0.3) is 0 Å². The standard InChI is InChI=1S/C25H32ClN3O4S/c1-18-8-10-29(11-9-18)34(31,32)21-6-7-24(33-3)22(17-21)25(30)28-14-12-27(13-15-28)23-16-20(26)5-4-19(23)2/h4-7,16-18H,8-15H2,1-3H3. The van der Waals surface area contributed by atoms with E-state index in [1.54, 1.807) is 11.0 Å². The van der Waals surface area contributed by atoms with Gasteiger partial charge in [0.15, 0.2) is 0 Å². The van der Waals surface area contributed by atoms with E-state index >= 15 is 0 Å². The van der Waals surface area contributed by atoms with Crippen LogP contribution in [0.3, 0.4) is 0 Å². The second kappa shape index (κ2) is 10.1. The minimum Gasteiger partial charge on any atom is -0.496 e. The molecule has 4 rings (SSSR count). The van der Waals surface area contributed by atoms with E-state index in [0.29, 0.717) is 56.0 Å². The van der Waals surface area contributed by atoms with Gasteiger partial charge in [0, 0.05) is 50.0 Å². The van der Waals surface area contributed by atoms with E-state index in [1.807, 2.05) is 25.1 Å². The summed E-state index contributed by atoms with van der Waals surface area (Å²) in [6, 6.07) is 10.4. The number of nitrogens with zero attached hydrogens (tertiary/aromatic N) is 3. The number of sulfonamides is 1. The number of halogens is 1. The van der Waals surface area contributed by atoms with Crippen LogP contribution in [-0.4, -0.2) is 69.9 Å². The first-order valence-corrected chi connectivity index (χ1v) is 13.5. The number of hydrogen-bond donors (Lipinski definition) is 0. The van der Waals surface area contributed by atoms with Crippen LogP contribution in [0.5, 0.6) is 5.75 Å². The van der Waals surface area contributed by atoms with Crippen LogP contribution < -0.4 is 9.64 Å². The van der Waals surface area contributed by atoms with Gasteiger partial charge in [-0.25, -0.2) is 8.42 Å². The van der Waals surface area contributed by atoms with Crippen molar-refractivity contribution >= 4 is 33.2 Å². The fourth-order valence-electron chi connectivity index (χ4n) is 4.63. The minimum atomic E-state index is -3.66. The molecule has 2 aliphatic rings. The van der Waals surface area contributed by atoms with Crippen LogP contribution >= 0.6 is 11.6 Å². The number of anilines is 1. The lowest BCUT2D eigenvalue weighted by Gasteiger charge is -2.37. The summed E-state index contributed by atoms with van der Waals surface area (Å²) in [6.45, 7) is 7.57. The van der Waals surface area contributed by atoms with Crippen LogP contribution in [0.2, 0.25) is 5.02 Å². The molecule has 0 aliphatic carbocycles. The molecule has 34 heavy (non-hydrogen) atoms. The van der Waals surface area contributed by atoms with Gasteiger partial charge in [0.2, 0.25) is 10.0 Å². The van der Waals surface area contributed by atoms with Crippen LogP contribution in [0.1, 0.15) is 35.7 Å². The summed E-state index contributed by atoms with van der Waals surface area (Å²) in [7, 11) is -2.17. The molecule has 7 nitrogen and oxygen atoms in total. The number of rotatable bonds is 5. The Balaban J connectivity index is 1.52. The summed E-state index contributed by atoms with van der Waals surface area (Å²) in [5, 5.41) is 0.685. The number of carbonyl (C=O) groups is 1. The summed E-state index contributed by atoms with van der Waals surface area (Å²) >= 11 is 6.19. The molecule has 184 valence electrons. The summed E-state index contributed by atoms with van der Waals surface area (Å²) in [5.74, 6) is 0.682. The molecule has 2 aromatic carbocycles. The highest BCUT2D eigenvalue weighted by molar-refractivity contribution is 7.89. The Morgan fingerprint density at radius 2 is 1.68 bits per heavy atom. The molecule has 2 aliphatic heterocycles. The van der Waals surface area contributed by atoms with E-state index < -0.39 is 10.0 Å². The lowest BCUT2D eigenvalue weighted by atomic mass is 10.0. The van der Waals surface area contributed by atoms with E-state index in [-0.39, 0.29) is 16.4 Å². The summed E-state index contributed by atoms with van der Waals surface area (Å²) in [6.07, 6.45) is 1.69. The second-order valence-electron chi connectivity index (χ2n) is 9.16. The first-order valence-electron chi connectivity index (χ1n) is 11.7. The predicted octanol–water partition coefficient (Wildman–Crippen LogP) is 4.04. The van der Waals surface area contributed by atoms with Crippen molar-refractivity contribution in [1.29, 1.82) is 0 Å². The Hall–Kier alpha value is -2.29. The molecular weight excluding hydrogens is 474 g/mol. The number of ether oxygens (including phenoxy) is 1. The molecular formula is C25H32ClN3O4S. The molecule has 0 atom stereocenters. The third-order valence-corrected chi connectivity index (χ3v) is 8.99. The van der Waals surface area contributed by atoms with E-state index in [0.717, 1.165) is 24.1 Å². The van der Waals surface area contributed by atoms with Gasteiger partial charge in [-0.1, -0.05) is 24.6 Å². The number of aryl methyl sites for hydroxylation is 1. The van der Waals surface area contributed by atoms with E-state index in [9.17, 15) is 13.2 Å². The maximum Gasteiger partial charge on any atom is 0.257 e. The van der Waals surface area contributed by atoms with Gasteiger partial charge < -0.3 is 14.5 Å². The van der Waals surface area contributed by atoms with Crippen molar-refractivity contribution in [3.63, 3.8) is 0 Å². The highest BCUT2D eigenvalue weighted by Gasteiger charge is 2.31. The fourth-order valence-corrected chi connectivity index (χ4v) is 6.30. The molecule has 2 heterocycles. The van der Waals surface area contributed by atoms with Crippen molar-refractivity contribution in [2.75, 3.05) is 51.3 Å². The molecule has 0 aromatic heterocycles. The highest BCUT2D eigenvalue weighted by atomic mass is 35.5. The highest BCUT2D eigenvalue weighted by Crippen LogP contribution is 2.30. The lowest BCUT2D eigenvalue weighted by Crippen LogP contribution is -2.49. The van der Waals surface area contributed by atoms with Gasteiger partial charge in [-0.15, -0.1) is 0 Å². The van der Waals surface area contributed by atoms with Crippen LogP contribution in [0, 0.1) is 12.8 Å². The fraction of sp³-hybridized carbons (Fsp3) is 0.480. The molecule has 0 radical (unpaired) electrons. The molecule has 0 saturated carbocycles. The van der Waals surface area contributed by atoms with Crippen molar-refractivity contribution in [2.24, 2.45) is 5.92 Å². The van der Waals surface area contributed by atoms with Gasteiger partial charge in [0.05, 0.1) is 17.6 Å². The summed E-state index contributed by atoms with van der Waals surface area (Å²) < 4.78 is 33.4. The third kappa shape index (κ3) is 5.04. The smallest absolute Gasteiger partial charge is 0.257 e. The molecule has 0 bridgehead atoms. The number of methoxy groups -OCH3 is 1. The molecule has 1 amide bonds. The molecule has 9 heteroatoms. The van der Waals surface area contributed by atoms with Gasteiger partial charge in [0.25, 0.3) is 5.91 Å². The number of hydrogen-bond acceptors (Lipinski definition) is 5. The van der Waals surface area contributed by atoms with Gasteiger partial charge in [-0.2, -0.15) is 4.31 Å². The maximum absolute atomic E-state index is 13.4. The van der Waals surface area contributed by atoms with Crippen molar-refractivity contribution in [2.45, 2.75) is 31.6 Å². The second-order valence-corrected chi connectivity index (χ2v) is 11.5. The topological polar surface area (TPSA) is 70.2 Å². The number of amides is 1. The molecule has 2 fully saturated rings. The summed E-state index contributed by atoms with van der Waals surface area (Å²) in [4.78, 5) is 17.6. The molecule has 0 N–H and O–H groups in total. The first kappa shape index (κ1) is 24.8. The Labute approximate surface area is 207 Å².